The average molecular weight is 238 g/mol. The lowest BCUT2D eigenvalue weighted by molar-refractivity contribution is 0.578. The van der Waals surface area contributed by atoms with Gasteiger partial charge in [-0.2, -0.15) is 0 Å². The topological polar surface area (TPSA) is 24.9 Å². The van der Waals surface area contributed by atoms with Gasteiger partial charge < -0.3 is 5.32 Å². The third kappa shape index (κ3) is 2.44. The van der Waals surface area contributed by atoms with Gasteiger partial charge in [-0.05, 0) is 35.6 Å². The molecule has 0 bridgehead atoms. The summed E-state index contributed by atoms with van der Waals surface area (Å²) < 4.78 is 0. The normalized spacial score (nSPS) is 23.6. The van der Waals surface area contributed by atoms with E-state index in [4.69, 9.17) is 0 Å². The van der Waals surface area contributed by atoms with Crippen molar-refractivity contribution in [2.45, 2.75) is 25.4 Å². The van der Waals surface area contributed by atoms with Crippen molar-refractivity contribution in [3.05, 3.63) is 66.0 Å². The minimum absolute atomic E-state index is 0.282. The number of pyridine rings is 1. The van der Waals surface area contributed by atoms with Gasteiger partial charge in [-0.15, -0.1) is 0 Å². The summed E-state index contributed by atoms with van der Waals surface area (Å²) in [7, 11) is 0. The monoisotopic (exact) mass is 238 g/mol. The average Bonchev–Trinajstić information content (AvgIpc) is 3.14. The number of aromatic nitrogens is 1. The van der Waals surface area contributed by atoms with E-state index in [0.717, 1.165) is 5.92 Å². The summed E-state index contributed by atoms with van der Waals surface area (Å²) >= 11 is 0. The third-order valence-corrected chi connectivity index (χ3v) is 3.66. The van der Waals surface area contributed by atoms with E-state index < -0.39 is 0 Å². The molecule has 18 heavy (non-hydrogen) atoms. The fourth-order valence-corrected chi connectivity index (χ4v) is 2.35. The van der Waals surface area contributed by atoms with Crippen molar-refractivity contribution in [3.63, 3.8) is 0 Å². The lowest BCUT2D eigenvalue weighted by Crippen LogP contribution is -2.25. The number of nitrogens with one attached hydrogen (secondary N) is 1. The Hall–Kier alpha value is -1.67. The maximum absolute atomic E-state index is 4.10. The molecule has 1 aromatic carbocycles. The highest BCUT2D eigenvalue weighted by Gasteiger charge is 2.34. The quantitative estimate of drug-likeness (QED) is 0.885. The van der Waals surface area contributed by atoms with Gasteiger partial charge in [-0.1, -0.05) is 37.3 Å². The molecule has 0 aliphatic heterocycles. The molecule has 2 heteroatoms. The molecule has 1 fully saturated rings. The van der Waals surface area contributed by atoms with Crippen LogP contribution in [0.2, 0.25) is 0 Å². The van der Waals surface area contributed by atoms with Gasteiger partial charge in [0.2, 0.25) is 0 Å². The molecule has 2 nitrogen and oxygen atoms in total. The summed E-state index contributed by atoms with van der Waals surface area (Å²) in [5, 5.41) is 3.75. The molecule has 0 saturated heterocycles. The fraction of sp³-hybridized carbons (Fsp3) is 0.312. The number of nitrogens with zero attached hydrogens (tertiary/aromatic N) is 1. The van der Waals surface area contributed by atoms with E-state index in [9.17, 15) is 0 Å². The van der Waals surface area contributed by atoms with Crippen LogP contribution in [0.1, 0.15) is 30.5 Å². The smallest absolute Gasteiger partial charge is 0.0580 e. The molecule has 3 atom stereocenters. The Kier molecular flexibility index (Phi) is 3.11. The van der Waals surface area contributed by atoms with Crippen molar-refractivity contribution in [2.75, 3.05) is 0 Å². The number of rotatable bonds is 4. The van der Waals surface area contributed by atoms with E-state index in [2.05, 4.69) is 59.7 Å². The highest BCUT2D eigenvalue weighted by molar-refractivity contribution is 5.31. The Balaban J connectivity index is 1.89. The van der Waals surface area contributed by atoms with Crippen LogP contribution in [-0.4, -0.2) is 11.0 Å². The second kappa shape index (κ2) is 4.91. The zero-order valence-electron chi connectivity index (χ0n) is 10.6. The summed E-state index contributed by atoms with van der Waals surface area (Å²) in [5.41, 5.74) is 2.61. The summed E-state index contributed by atoms with van der Waals surface area (Å²) in [4.78, 5) is 4.10. The van der Waals surface area contributed by atoms with Crippen molar-refractivity contribution in [1.82, 2.24) is 10.3 Å². The van der Waals surface area contributed by atoms with Crippen molar-refractivity contribution in [3.8, 4) is 0 Å². The molecule has 1 aliphatic carbocycles. The van der Waals surface area contributed by atoms with E-state index in [0.29, 0.717) is 6.04 Å². The lowest BCUT2D eigenvalue weighted by atomic mass is 9.99. The van der Waals surface area contributed by atoms with E-state index in [1.54, 1.807) is 0 Å². The van der Waals surface area contributed by atoms with Crippen LogP contribution in [0.15, 0.2) is 54.9 Å². The van der Waals surface area contributed by atoms with Gasteiger partial charge in [0.1, 0.15) is 0 Å². The summed E-state index contributed by atoms with van der Waals surface area (Å²) in [5.74, 6) is 0.804. The van der Waals surface area contributed by atoms with Crippen molar-refractivity contribution < 1.29 is 0 Å². The first-order chi connectivity index (χ1) is 8.84. The van der Waals surface area contributed by atoms with Gasteiger partial charge in [-0.3, -0.25) is 4.98 Å². The van der Waals surface area contributed by atoms with E-state index in [1.165, 1.54) is 17.5 Å². The second-order valence-corrected chi connectivity index (χ2v) is 5.11. The standard InChI is InChI=1S/C16H18N2/c1-12-11-15(12)18-16(13-5-3-2-4-6-13)14-7-9-17-10-8-14/h2-10,12,15-16,18H,11H2,1H3. The van der Waals surface area contributed by atoms with Crippen molar-refractivity contribution in [2.24, 2.45) is 5.92 Å². The van der Waals surface area contributed by atoms with E-state index in [1.807, 2.05) is 12.4 Å². The first-order valence-electron chi connectivity index (χ1n) is 6.55. The summed E-state index contributed by atoms with van der Waals surface area (Å²) in [6, 6.07) is 15.8. The molecular formula is C16H18N2. The van der Waals surface area contributed by atoms with Crippen LogP contribution in [0.3, 0.4) is 0 Å². The lowest BCUT2D eigenvalue weighted by Gasteiger charge is -2.19. The molecule has 0 radical (unpaired) electrons. The molecule has 1 aromatic heterocycles. The molecule has 2 aromatic rings. The Morgan fingerprint density at radius 3 is 2.28 bits per heavy atom. The fourth-order valence-electron chi connectivity index (χ4n) is 2.35. The van der Waals surface area contributed by atoms with Crippen LogP contribution >= 0.6 is 0 Å². The SMILES string of the molecule is CC1CC1NC(c1ccccc1)c1ccncc1. The maximum Gasteiger partial charge on any atom is 0.0580 e. The minimum Gasteiger partial charge on any atom is -0.303 e. The molecule has 92 valence electrons. The third-order valence-electron chi connectivity index (χ3n) is 3.66. The number of hydrogen-bond acceptors (Lipinski definition) is 2. The second-order valence-electron chi connectivity index (χ2n) is 5.11. The minimum atomic E-state index is 0.282. The molecule has 0 amide bonds. The molecule has 1 heterocycles. The van der Waals surface area contributed by atoms with Crippen LogP contribution in [0.5, 0.6) is 0 Å². The predicted molar refractivity (Wildman–Crippen MR) is 73.2 cm³/mol. The number of benzene rings is 1. The van der Waals surface area contributed by atoms with Crippen LogP contribution in [0, 0.1) is 5.92 Å². The van der Waals surface area contributed by atoms with Gasteiger partial charge in [0.25, 0.3) is 0 Å². The zero-order valence-corrected chi connectivity index (χ0v) is 10.6. The molecule has 1 N–H and O–H groups in total. The summed E-state index contributed by atoms with van der Waals surface area (Å²) in [6.07, 6.45) is 5.01. The van der Waals surface area contributed by atoms with E-state index >= 15 is 0 Å². The van der Waals surface area contributed by atoms with Crippen LogP contribution < -0.4 is 5.32 Å². The molecule has 1 aliphatic rings. The first kappa shape index (κ1) is 11.4. The van der Waals surface area contributed by atoms with Crippen LogP contribution in [0.25, 0.3) is 0 Å². The van der Waals surface area contributed by atoms with E-state index in [-0.39, 0.29) is 6.04 Å². The van der Waals surface area contributed by atoms with Crippen molar-refractivity contribution >= 4 is 0 Å². The molecule has 1 saturated carbocycles. The molecular weight excluding hydrogens is 220 g/mol. The zero-order chi connectivity index (χ0) is 12.4. The Labute approximate surface area is 108 Å². The molecule has 3 rings (SSSR count). The first-order valence-corrected chi connectivity index (χ1v) is 6.55. The highest BCUT2D eigenvalue weighted by Crippen LogP contribution is 2.33. The van der Waals surface area contributed by atoms with Crippen molar-refractivity contribution in [1.29, 1.82) is 0 Å². The number of hydrogen-bond donors (Lipinski definition) is 1. The van der Waals surface area contributed by atoms with Crippen LogP contribution in [0.4, 0.5) is 0 Å². The highest BCUT2D eigenvalue weighted by atomic mass is 15.0. The van der Waals surface area contributed by atoms with Gasteiger partial charge in [0.15, 0.2) is 0 Å². The Morgan fingerprint density at radius 1 is 1.06 bits per heavy atom. The Morgan fingerprint density at radius 2 is 1.67 bits per heavy atom. The van der Waals surface area contributed by atoms with Gasteiger partial charge in [0.05, 0.1) is 6.04 Å². The van der Waals surface area contributed by atoms with Gasteiger partial charge in [0, 0.05) is 18.4 Å². The molecule has 0 spiro atoms. The summed E-state index contributed by atoms with van der Waals surface area (Å²) in [6.45, 7) is 2.30. The van der Waals surface area contributed by atoms with Crippen LogP contribution in [-0.2, 0) is 0 Å². The predicted octanol–water partition coefficient (Wildman–Crippen LogP) is 3.17. The largest absolute Gasteiger partial charge is 0.303 e. The maximum atomic E-state index is 4.10. The molecule has 3 unspecified atom stereocenters. The van der Waals surface area contributed by atoms with Gasteiger partial charge >= 0.3 is 0 Å². The van der Waals surface area contributed by atoms with Gasteiger partial charge in [-0.25, -0.2) is 0 Å². The Bertz CT molecular complexity index is 456.